The van der Waals surface area contributed by atoms with E-state index in [-0.39, 0.29) is 5.63 Å². The monoisotopic (exact) mass is 334 g/mol. The molecular formula is C22H24NO2+. The van der Waals surface area contributed by atoms with E-state index in [1.807, 2.05) is 24.3 Å². The average Bonchev–Trinajstić information content (AvgIpc) is 2.65. The molecule has 0 unspecified atom stereocenters. The summed E-state index contributed by atoms with van der Waals surface area (Å²) in [6.07, 6.45) is 8.74. The quantitative estimate of drug-likeness (QED) is 0.333. The molecule has 25 heavy (non-hydrogen) atoms. The first-order chi connectivity index (χ1) is 12.3. The molecule has 3 aromatic rings. The number of benzene rings is 2. The molecule has 0 atom stereocenters. The molecule has 3 nitrogen and oxygen atoms in total. The molecular weight excluding hydrogens is 310 g/mol. The highest BCUT2D eigenvalue weighted by atomic mass is 16.4. The Kier molecular flexibility index (Phi) is 4.66. The van der Waals surface area contributed by atoms with Gasteiger partial charge in [0.1, 0.15) is 12.1 Å². The van der Waals surface area contributed by atoms with Crippen LogP contribution in [0.4, 0.5) is 0 Å². The van der Waals surface area contributed by atoms with E-state index < -0.39 is 0 Å². The van der Waals surface area contributed by atoms with Crippen LogP contribution in [0.2, 0.25) is 0 Å². The molecule has 1 aliphatic rings. The zero-order chi connectivity index (χ0) is 17.1. The maximum absolute atomic E-state index is 11.9. The summed E-state index contributed by atoms with van der Waals surface area (Å²) in [4.78, 5) is 11.9. The number of fused-ring (bicyclic) bond motifs is 3. The van der Waals surface area contributed by atoms with E-state index in [1.165, 1.54) is 31.1 Å². The van der Waals surface area contributed by atoms with Gasteiger partial charge in [-0.2, -0.15) is 0 Å². The van der Waals surface area contributed by atoms with Crippen molar-refractivity contribution in [2.24, 2.45) is 0 Å². The summed E-state index contributed by atoms with van der Waals surface area (Å²) in [6, 6.07) is 13.9. The summed E-state index contributed by atoms with van der Waals surface area (Å²) >= 11 is 0. The summed E-state index contributed by atoms with van der Waals surface area (Å²) in [7, 11) is 0. The Balaban J connectivity index is 1.58. The fourth-order valence-corrected chi connectivity index (χ4v) is 3.86. The van der Waals surface area contributed by atoms with Gasteiger partial charge in [0.25, 0.3) is 0 Å². The van der Waals surface area contributed by atoms with Crippen LogP contribution in [0.25, 0.3) is 21.7 Å². The second kappa shape index (κ2) is 7.24. The SMILES string of the molecule is O=c1cc(C[NH2+]CCC2=CCCCC2)c2c(ccc3ccccc32)o1. The number of allylic oxidation sites excluding steroid dienone is 1. The van der Waals surface area contributed by atoms with E-state index in [9.17, 15) is 4.79 Å². The lowest BCUT2D eigenvalue weighted by molar-refractivity contribution is -0.669. The minimum Gasteiger partial charge on any atom is -0.423 e. The van der Waals surface area contributed by atoms with Crippen LogP contribution in [0.5, 0.6) is 0 Å². The summed E-state index contributed by atoms with van der Waals surface area (Å²) < 4.78 is 5.43. The minimum atomic E-state index is -0.263. The number of rotatable bonds is 5. The lowest BCUT2D eigenvalue weighted by atomic mass is 9.97. The molecule has 0 radical (unpaired) electrons. The molecule has 0 bridgehead atoms. The third kappa shape index (κ3) is 3.52. The van der Waals surface area contributed by atoms with Crippen LogP contribution in [0.1, 0.15) is 37.7 Å². The van der Waals surface area contributed by atoms with E-state index in [0.717, 1.165) is 35.8 Å². The molecule has 0 saturated heterocycles. The molecule has 1 aliphatic carbocycles. The van der Waals surface area contributed by atoms with Crippen molar-refractivity contribution < 1.29 is 9.73 Å². The number of quaternary nitrogens is 1. The van der Waals surface area contributed by atoms with Crippen LogP contribution in [0.15, 0.2) is 63.3 Å². The number of hydrogen-bond acceptors (Lipinski definition) is 2. The lowest BCUT2D eigenvalue weighted by Crippen LogP contribution is -2.82. The van der Waals surface area contributed by atoms with Gasteiger partial charge in [-0.15, -0.1) is 0 Å². The predicted molar refractivity (Wildman–Crippen MR) is 102 cm³/mol. The first-order valence-electron chi connectivity index (χ1n) is 9.25. The van der Waals surface area contributed by atoms with Crippen molar-refractivity contribution in [1.82, 2.24) is 0 Å². The third-order valence-corrected chi connectivity index (χ3v) is 5.13. The summed E-state index contributed by atoms with van der Waals surface area (Å²) in [6.45, 7) is 1.88. The Labute approximate surface area is 147 Å². The lowest BCUT2D eigenvalue weighted by Gasteiger charge is -2.12. The molecule has 0 fully saturated rings. The Bertz CT molecular complexity index is 984. The summed E-state index contributed by atoms with van der Waals surface area (Å²) in [5.41, 5.74) is 3.09. The Morgan fingerprint density at radius 1 is 1.08 bits per heavy atom. The van der Waals surface area contributed by atoms with Crippen LogP contribution in [0, 0.1) is 0 Å². The van der Waals surface area contributed by atoms with Gasteiger partial charge in [0.05, 0.1) is 6.54 Å². The standard InChI is InChI=1S/C22H23NO2/c24-21-14-18(15-23-13-12-16-6-2-1-3-7-16)22-19-9-5-4-8-17(19)10-11-20(22)25-21/h4-6,8-11,14,23H,1-3,7,12-13,15H2/p+1. The van der Waals surface area contributed by atoms with Crippen LogP contribution in [0.3, 0.4) is 0 Å². The van der Waals surface area contributed by atoms with Gasteiger partial charge < -0.3 is 9.73 Å². The largest absolute Gasteiger partial charge is 0.423 e. The average molecular weight is 334 g/mol. The Morgan fingerprint density at radius 2 is 2.00 bits per heavy atom. The van der Waals surface area contributed by atoms with Crippen molar-refractivity contribution in [3.05, 3.63) is 70.1 Å². The molecule has 128 valence electrons. The summed E-state index contributed by atoms with van der Waals surface area (Å²) in [5, 5.41) is 5.72. The van der Waals surface area contributed by atoms with E-state index in [1.54, 1.807) is 11.6 Å². The van der Waals surface area contributed by atoms with Crippen LogP contribution in [-0.4, -0.2) is 6.54 Å². The van der Waals surface area contributed by atoms with Crippen molar-refractivity contribution in [2.45, 2.75) is 38.6 Å². The smallest absolute Gasteiger partial charge is 0.336 e. The second-order valence-electron chi connectivity index (χ2n) is 6.89. The molecule has 4 rings (SSSR count). The highest BCUT2D eigenvalue weighted by Crippen LogP contribution is 2.27. The van der Waals surface area contributed by atoms with Gasteiger partial charge in [0, 0.05) is 23.4 Å². The zero-order valence-electron chi connectivity index (χ0n) is 14.5. The highest BCUT2D eigenvalue weighted by Gasteiger charge is 2.11. The van der Waals surface area contributed by atoms with Gasteiger partial charge in [-0.3, -0.25) is 0 Å². The van der Waals surface area contributed by atoms with Crippen molar-refractivity contribution in [1.29, 1.82) is 0 Å². The zero-order valence-corrected chi connectivity index (χ0v) is 14.5. The van der Waals surface area contributed by atoms with E-state index >= 15 is 0 Å². The Morgan fingerprint density at radius 3 is 2.88 bits per heavy atom. The summed E-state index contributed by atoms with van der Waals surface area (Å²) in [5.74, 6) is 0. The topological polar surface area (TPSA) is 46.8 Å². The second-order valence-corrected chi connectivity index (χ2v) is 6.89. The molecule has 0 spiro atoms. The minimum absolute atomic E-state index is 0.263. The van der Waals surface area contributed by atoms with Gasteiger partial charge >= 0.3 is 5.63 Å². The molecule has 2 N–H and O–H groups in total. The van der Waals surface area contributed by atoms with Crippen LogP contribution < -0.4 is 10.9 Å². The third-order valence-electron chi connectivity index (χ3n) is 5.13. The van der Waals surface area contributed by atoms with Gasteiger partial charge in [0.2, 0.25) is 0 Å². The first-order valence-corrected chi connectivity index (χ1v) is 9.25. The predicted octanol–water partition coefficient (Wildman–Crippen LogP) is 3.90. The van der Waals surface area contributed by atoms with Crippen molar-refractivity contribution in [2.75, 3.05) is 6.54 Å². The van der Waals surface area contributed by atoms with Gasteiger partial charge in [-0.05, 0) is 42.5 Å². The molecule has 0 aliphatic heterocycles. The van der Waals surface area contributed by atoms with Gasteiger partial charge in [-0.25, -0.2) is 4.79 Å². The molecule has 0 amide bonds. The van der Waals surface area contributed by atoms with E-state index in [0.29, 0.717) is 5.58 Å². The molecule has 1 heterocycles. The molecule has 3 heteroatoms. The van der Waals surface area contributed by atoms with Crippen LogP contribution in [-0.2, 0) is 6.54 Å². The van der Waals surface area contributed by atoms with E-state index in [2.05, 4.69) is 23.5 Å². The molecule has 2 aromatic carbocycles. The fraction of sp³-hybridized carbons (Fsp3) is 0.318. The van der Waals surface area contributed by atoms with Crippen molar-refractivity contribution >= 4 is 21.7 Å². The number of nitrogens with two attached hydrogens (primary N) is 1. The van der Waals surface area contributed by atoms with Crippen molar-refractivity contribution in [3.63, 3.8) is 0 Å². The maximum atomic E-state index is 11.9. The van der Waals surface area contributed by atoms with Crippen LogP contribution >= 0.6 is 0 Å². The van der Waals surface area contributed by atoms with Gasteiger partial charge in [0.15, 0.2) is 0 Å². The van der Waals surface area contributed by atoms with Gasteiger partial charge in [-0.1, -0.05) is 42.0 Å². The number of hydrogen-bond donors (Lipinski definition) is 1. The molecule has 0 saturated carbocycles. The maximum Gasteiger partial charge on any atom is 0.336 e. The fourth-order valence-electron chi connectivity index (χ4n) is 3.86. The van der Waals surface area contributed by atoms with E-state index in [4.69, 9.17) is 4.42 Å². The first kappa shape index (κ1) is 16.1. The highest BCUT2D eigenvalue weighted by molar-refractivity contribution is 6.06. The molecule has 1 aromatic heterocycles. The van der Waals surface area contributed by atoms with Crippen molar-refractivity contribution in [3.8, 4) is 0 Å². The normalized spacial score (nSPS) is 14.8. The Hall–Kier alpha value is -2.39.